The van der Waals surface area contributed by atoms with Crippen molar-refractivity contribution in [1.82, 2.24) is 10.2 Å². The number of phenolic OH excluding ortho intramolecular Hbond substituents is 1. The number of carbonyl (C=O) groups excluding carboxylic acids is 2. The lowest BCUT2D eigenvalue weighted by molar-refractivity contribution is -0.129. The second kappa shape index (κ2) is 7.36. The van der Waals surface area contributed by atoms with Gasteiger partial charge in [0.15, 0.2) is 0 Å². The number of likely N-dealkylation sites (tertiary alicyclic amines) is 1. The number of ketones is 1. The van der Waals surface area contributed by atoms with E-state index in [-0.39, 0.29) is 28.8 Å². The number of rotatable bonds is 2. The molecule has 2 atom stereocenters. The van der Waals surface area contributed by atoms with Gasteiger partial charge in [-0.25, -0.2) is 0 Å². The Kier molecular flexibility index (Phi) is 5.01. The fourth-order valence-electron chi connectivity index (χ4n) is 5.10. The number of aromatic hydroxyl groups is 1. The van der Waals surface area contributed by atoms with Crippen molar-refractivity contribution in [2.45, 2.75) is 52.4 Å². The number of allylic oxidation sites excluding steroid dienone is 3. The summed E-state index contributed by atoms with van der Waals surface area (Å²) < 4.78 is 0. The van der Waals surface area contributed by atoms with Crippen molar-refractivity contribution in [2.75, 3.05) is 13.1 Å². The average molecular weight is 395 g/mol. The minimum atomic E-state index is -0.419. The van der Waals surface area contributed by atoms with Crippen LogP contribution in [0.2, 0.25) is 0 Å². The number of carbonyl (C=O) groups is 2. The molecule has 0 spiro atoms. The van der Waals surface area contributed by atoms with Crippen LogP contribution in [-0.4, -0.2) is 34.8 Å². The zero-order valence-corrected chi connectivity index (χ0v) is 17.5. The quantitative estimate of drug-likeness (QED) is 0.799. The minimum Gasteiger partial charge on any atom is -0.508 e. The molecule has 2 aliphatic heterocycles. The highest BCUT2D eigenvalue weighted by molar-refractivity contribution is 5.99. The Morgan fingerprint density at radius 3 is 2.59 bits per heavy atom. The molecule has 3 aliphatic rings. The average Bonchev–Trinajstić information content (AvgIpc) is 2.66. The van der Waals surface area contributed by atoms with Crippen molar-refractivity contribution < 1.29 is 14.7 Å². The zero-order chi connectivity index (χ0) is 20.8. The molecule has 5 nitrogen and oxygen atoms in total. The fraction of sp³-hybridized carbons (Fsp3) is 0.500. The molecule has 1 saturated heterocycles. The number of phenols is 1. The molecule has 1 aromatic rings. The van der Waals surface area contributed by atoms with Crippen LogP contribution >= 0.6 is 0 Å². The van der Waals surface area contributed by atoms with Gasteiger partial charge in [0.25, 0.3) is 5.91 Å². The summed E-state index contributed by atoms with van der Waals surface area (Å²) in [5.41, 5.74) is 2.95. The van der Waals surface area contributed by atoms with Crippen molar-refractivity contribution in [3.05, 3.63) is 52.9 Å². The number of amides is 1. The third kappa shape index (κ3) is 3.70. The van der Waals surface area contributed by atoms with Gasteiger partial charge in [-0.3, -0.25) is 9.59 Å². The molecular weight excluding hydrogens is 364 g/mol. The second-order valence-electron chi connectivity index (χ2n) is 9.30. The maximum Gasteiger partial charge on any atom is 0.252 e. The highest BCUT2D eigenvalue weighted by Gasteiger charge is 2.46. The van der Waals surface area contributed by atoms with Crippen LogP contribution in [0, 0.1) is 11.3 Å². The normalized spacial score (nSPS) is 26.5. The Morgan fingerprint density at radius 1 is 1.17 bits per heavy atom. The van der Waals surface area contributed by atoms with E-state index in [9.17, 15) is 14.7 Å². The standard InChI is InChI=1S/C24H30N2O3/c1-15-20(23(29)26-10-5-4-6-11-26)21(16-8-7-9-17(27)12-16)22-18(25-15)13-24(2,3)14-19(22)28/h7-9,12-13,21-22,25,27H,4-6,10-11,14H2,1-3H3. The van der Waals surface area contributed by atoms with E-state index in [0.29, 0.717) is 12.0 Å². The SMILES string of the molecule is CC1=C(C(=O)N2CCCCC2)C(c2cccc(O)c2)C2C(=O)CC(C)(C)C=C2N1. The molecule has 0 aromatic heterocycles. The smallest absolute Gasteiger partial charge is 0.252 e. The molecule has 2 N–H and O–H groups in total. The van der Waals surface area contributed by atoms with E-state index in [4.69, 9.17) is 0 Å². The Labute approximate surface area is 172 Å². The molecule has 0 radical (unpaired) electrons. The number of fused-ring (bicyclic) bond motifs is 1. The van der Waals surface area contributed by atoms with Gasteiger partial charge < -0.3 is 15.3 Å². The van der Waals surface area contributed by atoms with Crippen LogP contribution in [0.25, 0.3) is 0 Å². The van der Waals surface area contributed by atoms with Crippen molar-refractivity contribution >= 4 is 11.7 Å². The Bertz CT molecular complexity index is 906. The van der Waals surface area contributed by atoms with Gasteiger partial charge in [0.05, 0.1) is 5.92 Å². The molecule has 5 heteroatoms. The lowest BCUT2D eigenvalue weighted by Gasteiger charge is -2.43. The zero-order valence-electron chi connectivity index (χ0n) is 17.5. The summed E-state index contributed by atoms with van der Waals surface area (Å²) in [6, 6.07) is 7.01. The molecule has 1 aromatic carbocycles. The first-order chi connectivity index (χ1) is 13.8. The topological polar surface area (TPSA) is 69.6 Å². The highest BCUT2D eigenvalue weighted by Crippen LogP contribution is 2.47. The van der Waals surface area contributed by atoms with Gasteiger partial charge in [-0.05, 0) is 49.3 Å². The van der Waals surface area contributed by atoms with E-state index >= 15 is 0 Å². The van der Waals surface area contributed by atoms with Crippen molar-refractivity contribution in [3.63, 3.8) is 0 Å². The molecule has 1 fully saturated rings. The number of nitrogens with one attached hydrogen (secondary N) is 1. The number of hydrogen-bond donors (Lipinski definition) is 2. The first-order valence-corrected chi connectivity index (χ1v) is 10.6. The van der Waals surface area contributed by atoms with Crippen molar-refractivity contribution in [1.29, 1.82) is 0 Å². The van der Waals surface area contributed by atoms with Crippen LogP contribution < -0.4 is 5.32 Å². The molecule has 0 bridgehead atoms. The summed E-state index contributed by atoms with van der Waals surface area (Å²) in [6.45, 7) is 7.57. The summed E-state index contributed by atoms with van der Waals surface area (Å²) in [6.07, 6.45) is 5.77. The van der Waals surface area contributed by atoms with E-state index in [1.165, 1.54) is 0 Å². The molecule has 1 aliphatic carbocycles. The van der Waals surface area contributed by atoms with Gasteiger partial charge in [0, 0.05) is 42.4 Å². The number of nitrogens with zero attached hydrogens (tertiary/aromatic N) is 1. The first kappa shape index (κ1) is 19.7. The summed E-state index contributed by atoms with van der Waals surface area (Å²) in [7, 11) is 0. The summed E-state index contributed by atoms with van der Waals surface area (Å²) in [5.74, 6) is -0.494. The number of benzene rings is 1. The Morgan fingerprint density at radius 2 is 1.90 bits per heavy atom. The van der Waals surface area contributed by atoms with Gasteiger partial charge in [-0.15, -0.1) is 0 Å². The number of hydrogen-bond acceptors (Lipinski definition) is 4. The monoisotopic (exact) mass is 394 g/mol. The van der Waals surface area contributed by atoms with E-state index in [0.717, 1.165) is 49.3 Å². The van der Waals surface area contributed by atoms with Crippen molar-refractivity contribution in [2.24, 2.45) is 11.3 Å². The van der Waals surface area contributed by atoms with Crippen LogP contribution in [0.5, 0.6) is 5.75 Å². The van der Waals surface area contributed by atoms with Gasteiger partial charge in [0.2, 0.25) is 0 Å². The lowest BCUT2D eigenvalue weighted by atomic mass is 9.66. The predicted molar refractivity (Wildman–Crippen MR) is 112 cm³/mol. The lowest BCUT2D eigenvalue weighted by Crippen LogP contribution is -2.46. The maximum atomic E-state index is 13.6. The van der Waals surface area contributed by atoms with Gasteiger partial charge in [-0.1, -0.05) is 32.1 Å². The van der Waals surface area contributed by atoms with E-state index in [2.05, 4.69) is 25.2 Å². The summed E-state index contributed by atoms with van der Waals surface area (Å²) in [4.78, 5) is 28.8. The summed E-state index contributed by atoms with van der Waals surface area (Å²) >= 11 is 0. The molecule has 4 rings (SSSR count). The molecule has 2 unspecified atom stereocenters. The maximum absolute atomic E-state index is 13.6. The first-order valence-electron chi connectivity index (χ1n) is 10.6. The molecule has 2 heterocycles. The van der Waals surface area contributed by atoms with Crippen LogP contribution in [0.4, 0.5) is 0 Å². The Balaban J connectivity index is 1.85. The number of Topliss-reactive ketones (excluding diaryl/α,β-unsaturated/α-hetero) is 1. The molecular formula is C24H30N2O3. The van der Waals surface area contributed by atoms with Gasteiger partial charge in [-0.2, -0.15) is 0 Å². The van der Waals surface area contributed by atoms with Crippen molar-refractivity contribution in [3.8, 4) is 5.75 Å². The third-order valence-corrected chi connectivity index (χ3v) is 6.34. The summed E-state index contributed by atoms with van der Waals surface area (Å²) in [5, 5.41) is 13.5. The van der Waals surface area contributed by atoms with Crippen LogP contribution in [0.15, 0.2) is 47.3 Å². The van der Waals surface area contributed by atoms with Gasteiger partial charge >= 0.3 is 0 Å². The van der Waals surface area contributed by atoms with Crippen LogP contribution in [0.1, 0.15) is 57.9 Å². The molecule has 29 heavy (non-hydrogen) atoms. The fourth-order valence-corrected chi connectivity index (χ4v) is 5.10. The molecule has 154 valence electrons. The number of piperidine rings is 1. The van der Waals surface area contributed by atoms with Crippen LogP contribution in [0.3, 0.4) is 0 Å². The largest absolute Gasteiger partial charge is 0.508 e. The third-order valence-electron chi connectivity index (χ3n) is 6.34. The predicted octanol–water partition coefficient (Wildman–Crippen LogP) is 3.86. The Hall–Kier alpha value is -2.56. The van der Waals surface area contributed by atoms with Crippen LogP contribution in [-0.2, 0) is 9.59 Å². The van der Waals surface area contributed by atoms with Gasteiger partial charge in [0.1, 0.15) is 11.5 Å². The van der Waals surface area contributed by atoms with E-state index in [1.807, 2.05) is 17.9 Å². The molecule has 0 saturated carbocycles. The molecule has 1 amide bonds. The van der Waals surface area contributed by atoms with E-state index in [1.54, 1.807) is 18.2 Å². The minimum absolute atomic E-state index is 0.0136. The highest BCUT2D eigenvalue weighted by atomic mass is 16.3. The van der Waals surface area contributed by atoms with E-state index < -0.39 is 5.92 Å². The second-order valence-corrected chi connectivity index (χ2v) is 9.30.